The zero-order chi connectivity index (χ0) is 31.0. The summed E-state index contributed by atoms with van der Waals surface area (Å²) in [6.07, 6.45) is 0.700. The highest BCUT2D eigenvalue weighted by Gasteiger charge is 2.33. The third-order valence-electron chi connectivity index (χ3n) is 6.59. The number of benzene rings is 3. The molecule has 0 saturated heterocycles. The average molecular weight is 662 g/mol. The van der Waals surface area contributed by atoms with E-state index in [1.54, 1.807) is 43.3 Å². The molecule has 3 aromatic carbocycles. The molecule has 0 heterocycles. The second-order valence-electron chi connectivity index (χ2n) is 9.53. The lowest BCUT2D eigenvalue weighted by molar-refractivity contribution is -0.385. The van der Waals surface area contributed by atoms with Crippen molar-refractivity contribution in [3.8, 4) is 5.75 Å². The molecule has 2 amide bonds. The van der Waals surface area contributed by atoms with Gasteiger partial charge in [-0.1, -0.05) is 41.1 Å². The molecule has 0 saturated carbocycles. The number of ether oxygens (including phenoxy) is 1. The number of amides is 2. The number of sulfonamides is 1. The van der Waals surface area contributed by atoms with E-state index >= 15 is 0 Å². The first-order chi connectivity index (χ1) is 19.9. The Morgan fingerprint density at radius 3 is 2.29 bits per heavy atom. The van der Waals surface area contributed by atoms with Gasteiger partial charge in [0.15, 0.2) is 0 Å². The van der Waals surface area contributed by atoms with Gasteiger partial charge in [-0.25, -0.2) is 8.42 Å². The van der Waals surface area contributed by atoms with Gasteiger partial charge in [0.1, 0.15) is 18.3 Å². The van der Waals surface area contributed by atoms with Gasteiger partial charge in [0.05, 0.1) is 22.6 Å². The molecule has 0 aliphatic rings. The van der Waals surface area contributed by atoms with E-state index in [2.05, 4.69) is 21.2 Å². The molecule has 0 aliphatic heterocycles. The van der Waals surface area contributed by atoms with E-state index < -0.39 is 33.4 Å². The zero-order valence-corrected chi connectivity index (χ0v) is 26.1. The van der Waals surface area contributed by atoms with Crippen molar-refractivity contribution in [3.05, 3.63) is 92.4 Å². The third kappa shape index (κ3) is 7.85. The average Bonchev–Trinajstić information content (AvgIpc) is 2.97. The molecule has 0 spiro atoms. The van der Waals surface area contributed by atoms with Crippen molar-refractivity contribution >= 4 is 49.1 Å². The Balaban J connectivity index is 2.08. The minimum absolute atomic E-state index is 0.0410. The highest BCUT2D eigenvalue weighted by Crippen LogP contribution is 2.29. The number of hydrogen-bond donors (Lipinski definition) is 1. The number of anilines is 1. The summed E-state index contributed by atoms with van der Waals surface area (Å²) in [4.78, 5) is 38.8. The van der Waals surface area contributed by atoms with Gasteiger partial charge in [0, 0.05) is 29.2 Å². The van der Waals surface area contributed by atoms with E-state index in [0.717, 1.165) is 20.4 Å². The molecule has 3 rings (SSSR count). The van der Waals surface area contributed by atoms with Gasteiger partial charge in [-0.2, -0.15) is 0 Å². The molecule has 42 heavy (non-hydrogen) atoms. The number of methoxy groups -OCH3 is 1. The van der Waals surface area contributed by atoms with Crippen LogP contribution in [-0.2, 0) is 26.2 Å². The number of carbonyl (C=O) groups is 2. The van der Waals surface area contributed by atoms with Crippen molar-refractivity contribution in [1.29, 1.82) is 0 Å². The van der Waals surface area contributed by atoms with Crippen LogP contribution in [0.3, 0.4) is 0 Å². The number of aryl methyl sites for hydroxylation is 1. The quantitative estimate of drug-likeness (QED) is 0.205. The first-order valence-electron chi connectivity index (χ1n) is 13.1. The van der Waals surface area contributed by atoms with Crippen LogP contribution in [0.25, 0.3) is 0 Å². The van der Waals surface area contributed by atoms with Crippen molar-refractivity contribution in [2.24, 2.45) is 0 Å². The molecule has 0 aliphatic carbocycles. The van der Waals surface area contributed by atoms with Crippen LogP contribution in [0.2, 0.25) is 0 Å². The summed E-state index contributed by atoms with van der Waals surface area (Å²) in [5.74, 6) is -0.556. The lowest BCUT2D eigenvalue weighted by Gasteiger charge is -2.32. The van der Waals surface area contributed by atoms with Crippen LogP contribution in [0.5, 0.6) is 5.75 Å². The molecule has 224 valence electrons. The molecule has 0 fully saturated rings. The predicted octanol–water partition coefficient (Wildman–Crippen LogP) is 4.81. The van der Waals surface area contributed by atoms with E-state index in [1.165, 1.54) is 43.2 Å². The van der Waals surface area contributed by atoms with Gasteiger partial charge in [0.25, 0.3) is 15.7 Å². The largest absolute Gasteiger partial charge is 0.497 e. The van der Waals surface area contributed by atoms with E-state index in [-0.39, 0.29) is 28.7 Å². The molecule has 11 nitrogen and oxygen atoms in total. The number of rotatable bonds is 13. The van der Waals surface area contributed by atoms with Gasteiger partial charge < -0.3 is 15.0 Å². The number of nitrogens with zero attached hydrogens (tertiary/aromatic N) is 3. The highest BCUT2D eigenvalue weighted by atomic mass is 79.9. The zero-order valence-electron chi connectivity index (χ0n) is 23.7. The highest BCUT2D eigenvalue weighted by molar-refractivity contribution is 9.10. The lowest BCUT2D eigenvalue weighted by atomic mass is 10.1. The van der Waals surface area contributed by atoms with Crippen molar-refractivity contribution < 1.29 is 27.7 Å². The molecular formula is C29H33BrN4O7S. The second kappa shape index (κ2) is 14.3. The van der Waals surface area contributed by atoms with Gasteiger partial charge >= 0.3 is 0 Å². The molecule has 0 aromatic heterocycles. The number of halogens is 1. The fraction of sp³-hybridized carbons (Fsp3) is 0.310. The Bertz CT molecular complexity index is 1530. The maximum atomic E-state index is 14.0. The van der Waals surface area contributed by atoms with Crippen LogP contribution in [0.1, 0.15) is 31.4 Å². The summed E-state index contributed by atoms with van der Waals surface area (Å²) in [6.45, 7) is 4.78. The minimum atomic E-state index is -4.48. The Hall–Kier alpha value is -3.97. The predicted molar refractivity (Wildman–Crippen MR) is 163 cm³/mol. The molecular weight excluding hydrogens is 628 g/mol. The molecule has 3 aromatic rings. The molecule has 1 N–H and O–H groups in total. The molecule has 0 bridgehead atoms. The Kier molecular flexibility index (Phi) is 11.1. The number of nitro benzene ring substituents is 1. The smallest absolute Gasteiger partial charge is 0.273 e. The summed E-state index contributed by atoms with van der Waals surface area (Å²) in [7, 11) is -3.02. The number of hydrogen-bond acceptors (Lipinski definition) is 7. The fourth-order valence-corrected chi connectivity index (χ4v) is 5.81. The summed E-state index contributed by atoms with van der Waals surface area (Å²) < 4.78 is 34.9. The van der Waals surface area contributed by atoms with Crippen molar-refractivity contribution in [2.75, 3.05) is 24.5 Å². The van der Waals surface area contributed by atoms with Crippen molar-refractivity contribution in [1.82, 2.24) is 10.2 Å². The molecule has 0 unspecified atom stereocenters. The standard InChI is InChI=1S/C29H33BrN4O7S/c1-5-16-31-29(36)21(3)32(18-22-7-9-23(30)10-8-22)28(35)19-33(24-11-13-25(41-4)14-12-24)42(39,40)26-15-6-20(2)27(17-26)34(37)38/h6-15,17,21H,5,16,18-19H2,1-4H3,(H,31,36)/t21-/m1/s1. The second-order valence-corrected chi connectivity index (χ2v) is 12.3. The van der Waals surface area contributed by atoms with Crippen molar-refractivity contribution in [3.63, 3.8) is 0 Å². The van der Waals surface area contributed by atoms with Gasteiger partial charge in [-0.3, -0.25) is 24.0 Å². The molecule has 1 atom stereocenters. The van der Waals surface area contributed by atoms with Crippen LogP contribution < -0.4 is 14.4 Å². The monoisotopic (exact) mass is 660 g/mol. The van der Waals surface area contributed by atoms with Crippen LogP contribution in [0.4, 0.5) is 11.4 Å². The van der Waals surface area contributed by atoms with E-state index in [0.29, 0.717) is 24.3 Å². The molecule has 0 radical (unpaired) electrons. The van der Waals surface area contributed by atoms with Gasteiger partial charge in [-0.05, 0) is 68.3 Å². The van der Waals surface area contributed by atoms with E-state index in [9.17, 15) is 28.1 Å². The topological polar surface area (TPSA) is 139 Å². The number of carbonyl (C=O) groups excluding carboxylic acids is 2. The normalized spacial score (nSPS) is 11.8. The Morgan fingerprint density at radius 1 is 1.07 bits per heavy atom. The van der Waals surface area contributed by atoms with Crippen molar-refractivity contribution in [2.45, 2.75) is 44.7 Å². The first-order valence-corrected chi connectivity index (χ1v) is 15.4. The minimum Gasteiger partial charge on any atom is -0.497 e. The van der Waals surface area contributed by atoms with Crippen LogP contribution in [0.15, 0.2) is 76.1 Å². The summed E-state index contributed by atoms with van der Waals surface area (Å²) in [5, 5.41) is 14.4. The number of nitrogens with one attached hydrogen (secondary N) is 1. The Morgan fingerprint density at radius 2 is 1.71 bits per heavy atom. The summed E-state index contributed by atoms with van der Waals surface area (Å²) >= 11 is 3.38. The summed E-state index contributed by atoms with van der Waals surface area (Å²) in [5.41, 5.74) is 0.794. The third-order valence-corrected chi connectivity index (χ3v) is 8.89. The maximum absolute atomic E-state index is 14.0. The fourth-order valence-electron chi connectivity index (χ4n) is 4.12. The van der Waals surface area contributed by atoms with E-state index in [4.69, 9.17) is 4.74 Å². The number of nitro groups is 1. The van der Waals surface area contributed by atoms with Gasteiger partial charge in [0.2, 0.25) is 11.8 Å². The van der Waals surface area contributed by atoms with Crippen LogP contribution in [0, 0.1) is 17.0 Å². The maximum Gasteiger partial charge on any atom is 0.273 e. The Labute approximate surface area is 253 Å². The summed E-state index contributed by atoms with van der Waals surface area (Å²) in [6, 6.07) is 15.9. The first kappa shape index (κ1) is 32.5. The SMILES string of the molecule is CCCNC(=O)[C@@H](C)N(Cc1ccc(Br)cc1)C(=O)CN(c1ccc(OC)cc1)S(=O)(=O)c1ccc(C)c([N+](=O)[O-])c1. The van der Waals surface area contributed by atoms with E-state index in [1.807, 2.05) is 6.92 Å². The molecule has 13 heteroatoms. The lowest BCUT2D eigenvalue weighted by Crippen LogP contribution is -2.51. The van der Waals surface area contributed by atoms with Crippen LogP contribution >= 0.6 is 15.9 Å². The van der Waals surface area contributed by atoms with Crippen LogP contribution in [-0.4, -0.2) is 56.3 Å². The van der Waals surface area contributed by atoms with Gasteiger partial charge in [-0.15, -0.1) is 0 Å².